The molecule has 0 spiro atoms. The number of benzene rings is 6. The number of hydrogen-bond acceptors (Lipinski definition) is 3. The second-order valence-electron chi connectivity index (χ2n) is 10.7. The first kappa shape index (κ1) is 30.6. The van der Waals surface area contributed by atoms with Gasteiger partial charge in [0.1, 0.15) is 0 Å². The maximum absolute atomic E-state index is 15.0. The molecule has 0 fully saturated rings. The molecular weight excluding hydrogens is 586 g/mol. The van der Waals surface area contributed by atoms with Gasteiger partial charge >= 0.3 is 0 Å². The molecule has 0 atom stereocenters. The van der Waals surface area contributed by atoms with E-state index in [2.05, 4.69) is 96.3 Å². The molecule has 0 radical (unpaired) electrons. The Bertz CT molecular complexity index is 1800. The third-order valence-corrected chi connectivity index (χ3v) is 13.4. The summed E-state index contributed by atoms with van der Waals surface area (Å²) < 4.78 is 15.0. The van der Waals surface area contributed by atoms with Crippen LogP contribution in [0.4, 0.5) is 0 Å². The minimum atomic E-state index is -3.05. The van der Waals surface area contributed by atoms with Crippen LogP contribution in [0.25, 0.3) is 0 Å². The first-order valence-electron chi connectivity index (χ1n) is 15.2. The molecule has 0 unspecified atom stereocenters. The molecule has 0 saturated heterocycles. The van der Waals surface area contributed by atoms with Crippen molar-refractivity contribution < 1.29 is 4.57 Å². The lowest BCUT2D eigenvalue weighted by Crippen LogP contribution is -2.29. The van der Waals surface area contributed by atoms with Crippen LogP contribution in [0.5, 0.6) is 0 Å². The second kappa shape index (κ2) is 15.1. The summed E-state index contributed by atoms with van der Waals surface area (Å²) in [6, 6.07) is 57.9. The van der Waals surface area contributed by atoms with E-state index in [9.17, 15) is 4.57 Å². The predicted octanol–water partition coefficient (Wildman–Crippen LogP) is 6.29. The largest absolute Gasteiger partial charge is 0.311 e. The van der Waals surface area contributed by atoms with Crippen molar-refractivity contribution in [2.45, 2.75) is 6.54 Å². The van der Waals surface area contributed by atoms with Crippen LogP contribution in [0.15, 0.2) is 175 Å². The summed E-state index contributed by atoms with van der Waals surface area (Å²) in [5.74, 6) is 0. The molecule has 0 amide bonds. The summed E-state index contributed by atoms with van der Waals surface area (Å²) in [4.78, 5) is 4.84. The molecule has 1 N–H and O–H groups in total. The fourth-order valence-electron chi connectivity index (χ4n) is 5.58. The molecule has 0 aromatic heterocycles. The van der Waals surface area contributed by atoms with E-state index in [1.165, 1.54) is 15.9 Å². The molecular formula is C40H36N2OP2. The molecule has 6 rings (SSSR count). The summed E-state index contributed by atoms with van der Waals surface area (Å²) in [7, 11) is -3.76. The van der Waals surface area contributed by atoms with Crippen LogP contribution in [-0.2, 0) is 11.1 Å². The summed E-state index contributed by atoms with van der Waals surface area (Å²) in [5, 5.41) is 10.1. The zero-order valence-electron chi connectivity index (χ0n) is 25.1. The standard InChI is InChI=1S/C40H36N2OP2/c43-45(37-23-9-3-10-24-37,38-25-11-4-12-26-38)40-28-16-14-18-34(40)32-42-30-29-41-31-33-17-13-15-27-39(33)44(35-19-5-1-6-20-35)36-21-7-2-8-22-36/h1-28,31,42H,29-30,32H2. The Morgan fingerprint density at radius 3 is 1.67 bits per heavy atom. The maximum Gasteiger partial charge on any atom is 0.171 e. The molecule has 6 aromatic rings. The molecule has 3 nitrogen and oxygen atoms in total. The highest BCUT2D eigenvalue weighted by atomic mass is 31.2. The summed E-state index contributed by atoms with van der Waals surface area (Å²) in [6.45, 7) is 1.96. The van der Waals surface area contributed by atoms with Gasteiger partial charge in [0.15, 0.2) is 7.14 Å². The van der Waals surface area contributed by atoms with E-state index in [-0.39, 0.29) is 0 Å². The van der Waals surface area contributed by atoms with E-state index in [1.807, 2.05) is 85.1 Å². The van der Waals surface area contributed by atoms with Crippen LogP contribution in [0.1, 0.15) is 11.1 Å². The summed E-state index contributed by atoms with van der Waals surface area (Å²) >= 11 is 0. The van der Waals surface area contributed by atoms with Crippen molar-refractivity contribution in [1.29, 1.82) is 0 Å². The van der Waals surface area contributed by atoms with Gasteiger partial charge in [-0.25, -0.2) is 0 Å². The minimum Gasteiger partial charge on any atom is -0.311 e. The number of aliphatic imine (C=N–C) groups is 1. The van der Waals surface area contributed by atoms with Gasteiger partial charge in [0.2, 0.25) is 0 Å². The number of rotatable bonds is 12. The SMILES string of the molecule is O=P(c1ccccc1)(c1ccccc1)c1ccccc1CNCCN=Cc1ccccc1P(c1ccccc1)c1ccccc1. The van der Waals surface area contributed by atoms with Crippen LogP contribution in [0, 0.1) is 0 Å². The molecule has 6 aromatic carbocycles. The smallest absolute Gasteiger partial charge is 0.171 e. The zero-order chi connectivity index (χ0) is 30.7. The molecule has 0 aliphatic carbocycles. The molecule has 5 heteroatoms. The number of nitrogens with zero attached hydrogens (tertiary/aromatic N) is 1. The van der Waals surface area contributed by atoms with Crippen LogP contribution in [0.2, 0.25) is 0 Å². The second-order valence-corrected chi connectivity index (χ2v) is 15.6. The van der Waals surface area contributed by atoms with Gasteiger partial charge in [0.05, 0.1) is 6.54 Å². The van der Waals surface area contributed by atoms with Crippen molar-refractivity contribution in [3.05, 3.63) is 181 Å². The Labute approximate surface area is 267 Å². The third kappa shape index (κ3) is 7.14. The Morgan fingerprint density at radius 2 is 1.07 bits per heavy atom. The quantitative estimate of drug-likeness (QED) is 0.0991. The molecule has 45 heavy (non-hydrogen) atoms. The maximum atomic E-state index is 15.0. The van der Waals surface area contributed by atoms with Crippen molar-refractivity contribution in [1.82, 2.24) is 5.32 Å². The van der Waals surface area contributed by atoms with Crippen LogP contribution in [-0.4, -0.2) is 19.3 Å². The zero-order valence-corrected chi connectivity index (χ0v) is 26.9. The first-order valence-corrected chi connectivity index (χ1v) is 18.3. The van der Waals surface area contributed by atoms with Gasteiger partial charge in [0, 0.05) is 40.8 Å². The van der Waals surface area contributed by atoms with Gasteiger partial charge in [-0.2, -0.15) is 0 Å². The average molecular weight is 623 g/mol. The van der Waals surface area contributed by atoms with Crippen molar-refractivity contribution in [3.8, 4) is 0 Å². The van der Waals surface area contributed by atoms with E-state index >= 15 is 0 Å². The minimum absolute atomic E-state index is 0.610. The highest BCUT2D eigenvalue weighted by molar-refractivity contribution is 7.85. The van der Waals surface area contributed by atoms with Crippen molar-refractivity contribution in [2.75, 3.05) is 13.1 Å². The van der Waals surface area contributed by atoms with E-state index in [0.717, 1.165) is 27.0 Å². The average Bonchev–Trinajstić information content (AvgIpc) is 3.12. The van der Waals surface area contributed by atoms with E-state index in [0.29, 0.717) is 19.6 Å². The predicted molar refractivity (Wildman–Crippen MR) is 195 cm³/mol. The monoisotopic (exact) mass is 622 g/mol. The molecule has 222 valence electrons. The number of nitrogens with one attached hydrogen (secondary N) is 1. The first-order chi connectivity index (χ1) is 22.2. The Kier molecular flexibility index (Phi) is 10.3. The molecule has 0 aliphatic heterocycles. The van der Waals surface area contributed by atoms with E-state index < -0.39 is 15.1 Å². The van der Waals surface area contributed by atoms with Crippen LogP contribution >= 0.6 is 15.1 Å². The summed E-state index contributed by atoms with van der Waals surface area (Å²) in [6.07, 6.45) is 2.02. The van der Waals surface area contributed by atoms with Crippen molar-refractivity contribution >= 4 is 53.1 Å². The van der Waals surface area contributed by atoms with Gasteiger partial charge in [-0.3, -0.25) is 4.99 Å². The van der Waals surface area contributed by atoms with Gasteiger partial charge in [-0.1, -0.05) is 170 Å². The van der Waals surface area contributed by atoms with E-state index in [1.54, 1.807) is 0 Å². The fraction of sp³-hybridized carbons (Fsp3) is 0.0750. The van der Waals surface area contributed by atoms with E-state index in [4.69, 9.17) is 4.99 Å². The van der Waals surface area contributed by atoms with Crippen LogP contribution in [0.3, 0.4) is 0 Å². The third-order valence-electron chi connectivity index (χ3n) is 7.74. The molecule has 0 heterocycles. The van der Waals surface area contributed by atoms with Gasteiger partial charge in [-0.15, -0.1) is 0 Å². The van der Waals surface area contributed by atoms with Crippen LogP contribution < -0.4 is 37.1 Å². The van der Waals surface area contributed by atoms with Crippen molar-refractivity contribution in [3.63, 3.8) is 0 Å². The lowest BCUT2D eigenvalue weighted by Gasteiger charge is -2.23. The lowest BCUT2D eigenvalue weighted by molar-refractivity contribution is 0.592. The topological polar surface area (TPSA) is 41.5 Å². The highest BCUT2D eigenvalue weighted by Gasteiger charge is 2.31. The van der Waals surface area contributed by atoms with Gasteiger partial charge in [-0.05, 0) is 29.4 Å². The number of hydrogen-bond donors (Lipinski definition) is 1. The molecule has 0 saturated carbocycles. The van der Waals surface area contributed by atoms with Gasteiger partial charge < -0.3 is 9.88 Å². The normalized spacial score (nSPS) is 11.7. The highest BCUT2D eigenvalue weighted by Crippen LogP contribution is 2.43. The Morgan fingerprint density at radius 1 is 0.578 bits per heavy atom. The Hall–Kier alpha value is -4.39. The molecule has 0 aliphatic rings. The van der Waals surface area contributed by atoms with Gasteiger partial charge in [0.25, 0.3) is 0 Å². The summed E-state index contributed by atoms with van der Waals surface area (Å²) in [5.41, 5.74) is 2.19. The van der Waals surface area contributed by atoms with Crippen molar-refractivity contribution in [2.24, 2.45) is 4.99 Å². The lowest BCUT2D eigenvalue weighted by atomic mass is 10.2. The Balaban J connectivity index is 1.18. The molecule has 0 bridgehead atoms. The fourth-order valence-corrected chi connectivity index (χ4v) is 10.9.